The van der Waals surface area contributed by atoms with E-state index < -0.39 is 0 Å². The van der Waals surface area contributed by atoms with Gasteiger partial charge in [0.15, 0.2) is 0 Å². The lowest BCUT2D eigenvalue weighted by atomic mass is 9.91. The van der Waals surface area contributed by atoms with Gasteiger partial charge in [-0.05, 0) is 32.1 Å². The fraction of sp³-hybridized carbons (Fsp3) is 0.929. The Kier molecular flexibility index (Phi) is 7.23. The first-order valence-corrected chi connectivity index (χ1v) is 7.39. The molecule has 0 aromatic carbocycles. The predicted octanol–water partition coefficient (Wildman–Crippen LogP) is 1.19. The number of amides is 1. The van der Waals surface area contributed by atoms with Gasteiger partial charge in [-0.1, -0.05) is 6.92 Å². The highest BCUT2D eigenvalue weighted by Crippen LogP contribution is 2.21. The molecule has 3 atom stereocenters. The monoisotopic (exact) mass is 306 g/mol. The van der Waals surface area contributed by atoms with Crippen molar-refractivity contribution in [3.8, 4) is 0 Å². The van der Waals surface area contributed by atoms with Crippen LogP contribution in [0.15, 0.2) is 0 Å². The maximum atomic E-state index is 12.5. The second kappa shape index (κ2) is 8.17. The second-order valence-corrected chi connectivity index (χ2v) is 5.70. The third-order valence-electron chi connectivity index (χ3n) is 4.15. The number of nitrogens with two attached hydrogens (primary N) is 1. The number of carbonyl (C=O) groups excluding carboxylic acids is 1. The van der Waals surface area contributed by atoms with Crippen molar-refractivity contribution >= 4 is 18.3 Å². The fourth-order valence-electron chi connectivity index (χ4n) is 2.94. The predicted molar refractivity (Wildman–Crippen MR) is 80.0 cm³/mol. The maximum absolute atomic E-state index is 12.5. The molecular weight excluding hydrogens is 280 g/mol. The summed E-state index contributed by atoms with van der Waals surface area (Å²) in [5, 5.41) is 0. The minimum absolute atomic E-state index is 0. The lowest BCUT2D eigenvalue weighted by Gasteiger charge is -2.39. The Balaban J connectivity index is 0.00000200. The zero-order valence-electron chi connectivity index (χ0n) is 12.4. The van der Waals surface area contributed by atoms with Crippen LogP contribution in [-0.2, 0) is 14.3 Å². The molecule has 1 amide bonds. The molecule has 2 aliphatic heterocycles. The van der Waals surface area contributed by atoms with Crippen LogP contribution in [0, 0.1) is 5.92 Å². The van der Waals surface area contributed by atoms with Crippen LogP contribution in [0.2, 0.25) is 0 Å². The van der Waals surface area contributed by atoms with Crippen molar-refractivity contribution in [3.63, 3.8) is 0 Å². The Morgan fingerprint density at radius 1 is 1.35 bits per heavy atom. The molecule has 0 radical (unpaired) electrons. The van der Waals surface area contributed by atoms with Crippen molar-refractivity contribution in [3.05, 3.63) is 0 Å². The summed E-state index contributed by atoms with van der Waals surface area (Å²) in [7, 11) is 0. The van der Waals surface area contributed by atoms with E-state index in [0.29, 0.717) is 13.1 Å². The molecule has 20 heavy (non-hydrogen) atoms. The molecular formula is C14H27ClN2O3. The van der Waals surface area contributed by atoms with E-state index in [4.69, 9.17) is 15.2 Å². The van der Waals surface area contributed by atoms with E-state index in [1.165, 1.54) is 0 Å². The number of hydrogen-bond donors (Lipinski definition) is 1. The summed E-state index contributed by atoms with van der Waals surface area (Å²) in [6, 6.07) is -0.383. The van der Waals surface area contributed by atoms with Gasteiger partial charge in [0.1, 0.15) is 0 Å². The van der Waals surface area contributed by atoms with E-state index in [2.05, 4.69) is 6.92 Å². The molecule has 0 aromatic rings. The molecule has 0 aromatic heterocycles. The van der Waals surface area contributed by atoms with Gasteiger partial charge in [0.25, 0.3) is 0 Å². The van der Waals surface area contributed by atoms with Crippen molar-refractivity contribution in [2.45, 2.75) is 51.4 Å². The largest absolute Gasteiger partial charge is 0.381 e. The van der Waals surface area contributed by atoms with Crippen LogP contribution in [0.4, 0.5) is 0 Å². The first-order chi connectivity index (χ1) is 9.11. The third kappa shape index (κ3) is 4.32. The normalized spacial score (nSPS) is 29.6. The lowest BCUT2D eigenvalue weighted by Crippen LogP contribution is -2.55. The zero-order valence-corrected chi connectivity index (χ0v) is 13.2. The van der Waals surface area contributed by atoms with Crippen LogP contribution in [-0.4, -0.2) is 55.4 Å². The third-order valence-corrected chi connectivity index (χ3v) is 4.15. The van der Waals surface area contributed by atoms with Crippen LogP contribution in [0.5, 0.6) is 0 Å². The highest BCUT2D eigenvalue weighted by molar-refractivity contribution is 5.85. The van der Waals surface area contributed by atoms with E-state index in [0.717, 1.165) is 32.5 Å². The first-order valence-electron chi connectivity index (χ1n) is 7.39. The summed E-state index contributed by atoms with van der Waals surface area (Å²) in [4.78, 5) is 14.4. The van der Waals surface area contributed by atoms with Crippen LogP contribution in [0.3, 0.4) is 0 Å². The van der Waals surface area contributed by atoms with E-state index in [-0.39, 0.29) is 42.5 Å². The van der Waals surface area contributed by atoms with Gasteiger partial charge in [0, 0.05) is 26.3 Å². The van der Waals surface area contributed by atoms with Crippen molar-refractivity contribution in [2.75, 3.05) is 26.3 Å². The number of nitrogens with zero attached hydrogens (tertiary/aromatic N) is 1. The topological polar surface area (TPSA) is 64.8 Å². The molecule has 2 N–H and O–H groups in total. The lowest BCUT2D eigenvalue weighted by molar-refractivity contribution is -0.147. The Bertz CT molecular complexity index is 311. The Hall–Kier alpha value is -0.360. The fourth-order valence-corrected chi connectivity index (χ4v) is 2.94. The minimum Gasteiger partial charge on any atom is -0.381 e. The zero-order chi connectivity index (χ0) is 13.8. The van der Waals surface area contributed by atoms with Crippen LogP contribution in [0.1, 0.15) is 33.1 Å². The summed E-state index contributed by atoms with van der Waals surface area (Å²) < 4.78 is 11.1. The Morgan fingerprint density at radius 3 is 2.60 bits per heavy atom. The highest BCUT2D eigenvalue weighted by Gasteiger charge is 2.34. The molecule has 6 heteroatoms. The molecule has 2 saturated heterocycles. The van der Waals surface area contributed by atoms with Crippen molar-refractivity contribution < 1.29 is 14.3 Å². The van der Waals surface area contributed by atoms with Gasteiger partial charge in [-0.25, -0.2) is 0 Å². The molecule has 2 heterocycles. The Labute approximate surface area is 127 Å². The molecule has 3 unspecified atom stereocenters. The summed E-state index contributed by atoms with van der Waals surface area (Å²) in [5.74, 6) is 0.347. The number of hydrogen-bond acceptors (Lipinski definition) is 4. The molecule has 118 valence electrons. The van der Waals surface area contributed by atoms with E-state index in [1.54, 1.807) is 0 Å². The summed E-state index contributed by atoms with van der Waals surface area (Å²) in [6.45, 7) is 6.89. The standard InChI is InChI=1S/C14H26N2O3.ClH/c1-3-12-9-16(8-10(2)19-12)14(17)13(15)11-4-6-18-7-5-11;/h10-13H,3-9,15H2,1-2H3;1H. The van der Waals surface area contributed by atoms with E-state index in [1.807, 2.05) is 11.8 Å². The molecule has 2 aliphatic rings. The molecule has 0 aliphatic carbocycles. The molecule has 0 bridgehead atoms. The summed E-state index contributed by atoms with van der Waals surface area (Å²) >= 11 is 0. The molecule has 0 spiro atoms. The number of ether oxygens (including phenoxy) is 2. The van der Waals surface area contributed by atoms with Gasteiger partial charge in [-0.3, -0.25) is 4.79 Å². The molecule has 5 nitrogen and oxygen atoms in total. The molecule has 0 saturated carbocycles. The number of carbonyl (C=O) groups is 1. The summed E-state index contributed by atoms with van der Waals surface area (Å²) in [5.41, 5.74) is 6.17. The van der Waals surface area contributed by atoms with Gasteiger partial charge in [0.2, 0.25) is 5.91 Å². The smallest absolute Gasteiger partial charge is 0.239 e. The molecule has 2 fully saturated rings. The quantitative estimate of drug-likeness (QED) is 0.850. The SMILES string of the molecule is CCC1CN(C(=O)C(N)C2CCOCC2)CC(C)O1.Cl. The number of halogens is 1. The summed E-state index contributed by atoms with van der Waals surface area (Å²) in [6.07, 6.45) is 2.97. The molecule has 2 rings (SSSR count). The first kappa shape index (κ1) is 17.7. The van der Waals surface area contributed by atoms with Crippen LogP contribution in [0.25, 0.3) is 0 Å². The average Bonchev–Trinajstić information content (AvgIpc) is 2.46. The second-order valence-electron chi connectivity index (χ2n) is 5.70. The average molecular weight is 307 g/mol. The van der Waals surface area contributed by atoms with E-state index >= 15 is 0 Å². The number of rotatable bonds is 3. The maximum Gasteiger partial charge on any atom is 0.239 e. The van der Waals surface area contributed by atoms with Crippen molar-refractivity contribution in [1.82, 2.24) is 4.90 Å². The Morgan fingerprint density at radius 2 is 2.00 bits per heavy atom. The highest BCUT2D eigenvalue weighted by atomic mass is 35.5. The van der Waals surface area contributed by atoms with Crippen molar-refractivity contribution in [2.24, 2.45) is 11.7 Å². The number of morpholine rings is 1. The van der Waals surface area contributed by atoms with Gasteiger partial charge >= 0.3 is 0 Å². The van der Waals surface area contributed by atoms with Gasteiger partial charge in [-0.2, -0.15) is 0 Å². The van der Waals surface area contributed by atoms with Gasteiger partial charge in [0.05, 0.1) is 18.2 Å². The van der Waals surface area contributed by atoms with Gasteiger partial charge in [-0.15, -0.1) is 12.4 Å². The van der Waals surface area contributed by atoms with Gasteiger partial charge < -0.3 is 20.1 Å². The minimum atomic E-state index is -0.383. The van der Waals surface area contributed by atoms with Crippen LogP contribution >= 0.6 is 12.4 Å². The van der Waals surface area contributed by atoms with E-state index in [9.17, 15) is 4.79 Å². The van der Waals surface area contributed by atoms with Crippen molar-refractivity contribution in [1.29, 1.82) is 0 Å². The van der Waals surface area contributed by atoms with Crippen LogP contribution < -0.4 is 5.73 Å².